The van der Waals surface area contributed by atoms with Crippen LogP contribution in [0.15, 0.2) is 18.2 Å². The van der Waals surface area contributed by atoms with Gasteiger partial charge in [-0.15, -0.1) is 11.3 Å². The van der Waals surface area contributed by atoms with E-state index in [1.165, 1.54) is 6.92 Å². The molecule has 0 aliphatic rings. The molecule has 0 aliphatic heterocycles. The number of benzene rings is 1. The van der Waals surface area contributed by atoms with Crippen molar-refractivity contribution in [2.45, 2.75) is 26.2 Å². The Morgan fingerprint density at radius 2 is 1.69 bits per heavy atom. The predicted molar refractivity (Wildman–Crippen MR) is 91.0 cm³/mol. The number of hydrogen-bond acceptors (Lipinski definition) is 4. The fraction of sp³-hybridized carbons (Fsp3) is 0.235. The molecule has 1 heterocycles. The summed E-state index contributed by atoms with van der Waals surface area (Å²) < 4.78 is 26.8. The molecule has 1 aromatic heterocycles. The molecule has 0 bridgehead atoms. The number of hydrogen-bond donors (Lipinski definition) is 3. The Balaban J connectivity index is 2.40. The molecular formula is C17H15F2NO5S. The van der Waals surface area contributed by atoms with Crippen LogP contribution in [0, 0.1) is 18.6 Å². The van der Waals surface area contributed by atoms with Crippen molar-refractivity contribution in [3.8, 4) is 0 Å². The summed E-state index contributed by atoms with van der Waals surface area (Å²) in [7, 11) is 0. The minimum atomic E-state index is -1.38. The molecule has 0 aliphatic carbocycles. The summed E-state index contributed by atoms with van der Waals surface area (Å²) in [6.45, 7) is 2.96. The van der Waals surface area contributed by atoms with E-state index in [2.05, 4.69) is 5.32 Å². The van der Waals surface area contributed by atoms with E-state index in [4.69, 9.17) is 5.11 Å². The number of rotatable bonds is 6. The quantitative estimate of drug-likeness (QED) is 0.703. The van der Waals surface area contributed by atoms with Crippen LogP contribution in [-0.2, 0) is 4.79 Å². The number of anilines is 1. The van der Waals surface area contributed by atoms with Gasteiger partial charge < -0.3 is 15.5 Å². The zero-order chi connectivity index (χ0) is 19.6. The van der Waals surface area contributed by atoms with Gasteiger partial charge in [0.25, 0.3) is 0 Å². The van der Waals surface area contributed by atoms with Gasteiger partial charge in [0.05, 0.1) is 11.5 Å². The molecule has 0 spiro atoms. The molecule has 138 valence electrons. The molecule has 9 heteroatoms. The third-order valence-corrected chi connectivity index (χ3v) is 5.00. The van der Waals surface area contributed by atoms with Crippen molar-refractivity contribution >= 4 is 34.2 Å². The first-order chi connectivity index (χ1) is 12.1. The summed E-state index contributed by atoms with van der Waals surface area (Å²) in [6.07, 6.45) is 0.202. The smallest absolute Gasteiger partial charge is 0.346 e. The van der Waals surface area contributed by atoms with Gasteiger partial charge in [-0.2, -0.15) is 0 Å². The van der Waals surface area contributed by atoms with E-state index in [1.807, 2.05) is 0 Å². The molecule has 0 saturated carbocycles. The lowest BCUT2D eigenvalue weighted by atomic mass is 9.95. The first-order valence-corrected chi connectivity index (χ1v) is 8.34. The molecule has 0 radical (unpaired) electrons. The summed E-state index contributed by atoms with van der Waals surface area (Å²) in [5.41, 5.74) is -0.192. The van der Waals surface area contributed by atoms with Crippen molar-refractivity contribution in [2.75, 3.05) is 5.32 Å². The highest BCUT2D eigenvalue weighted by atomic mass is 32.1. The number of carbonyl (C=O) groups is 3. The van der Waals surface area contributed by atoms with Crippen LogP contribution >= 0.6 is 11.3 Å². The first kappa shape index (κ1) is 19.5. The standard InChI is InChI=1S/C17H15F2NO5S/c1-3-11(8-4-9(18)6-10(19)5-8)14(21)20-15-12(16(22)23)7(2)13(26-15)17(24)25/h4-6,11H,3H2,1-2H3,(H,20,21)(H,22,23)(H,24,25). The summed E-state index contributed by atoms with van der Waals surface area (Å²) in [5.74, 6) is -5.98. The molecule has 1 unspecified atom stereocenters. The van der Waals surface area contributed by atoms with Crippen molar-refractivity contribution in [3.05, 3.63) is 51.4 Å². The Labute approximate surface area is 151 Å². The highest BCUT2D eigenvalue weighted by Crippen LogP contribution is 2.34. The van der Waals surface area contributed by atoms with Crippen LogP contribution in [0.1, 0.15) is 50.4 Å². The van der Waals surface area contributed by atoms with Gasteiger partial charge >= 0.3 is 11.9 Å². The zero-order valence-electron chi connectivity index (χ0n) is 13.8. The molecule has 1 aromatic carbocycles. The van der Waals surface area contributed by atoms with Crippen LogP contribution in [-0.4, -0.2) is 28.1 Å². The fourth-order valence-corrected chi connectivity index (χ4v) is 3.65. The molecule has 1 atom stereocenters. The Bertz CT molecular complexity index is 873. The number of halogens is 2. The maximum Gasteiger partial charge on any atom is 0.346 e. The van der Waals surface area contributed by atoms with Crippen LogP contribution in [0.2, 0.25) is 0 Å². The Hall–Kier alpha value is -2.81. The van der Waals surface area contributed by atoms with Gasteiger partial charge in [-0.25, -0.2) is 18.4 Å². The number of carboxylic acids is 2. The lowest BCUT2D eigenvalue weighted by Gasteiger charge is -2.15. The zero-order valence-corrected chi connectivity index (χ0v) is 14.6. The third kappa shape index (κ3) is 3.88. The van der Waals surface area contributed by atoms with Gasteiger partial charge in [-0.1, -0.05) is 6.92 Å². The van der Waals surface area contributed by atoms with E-state index in [9.17, 15) is 28.3 Å². The summed E-state index contributed by atoms with van der Waals surface area (Å²) in [6, 6.07) is 2.73. The SMILES string of the molecule is CCC(C(=O)Nc1sc(C(=O)O)c(C)c1C(=O)O)c1cc(F)cc(F)c1. The number of carbonyl (C=O) groups excluding carboxylic acids is 1. The molecule has 0 fully saturated rings. The van der Waals surface area contributed by atoms with E-state index >= 15 is 0 Å². The van der Waals surface area contributed by atoms with Crippen molar-refractivity contribution in [1.29, 1.82) is 0 Å². The second kappa shape index (κ2) is 7.61. The van der Waals surface area contributed by atoms with Gasteiger partial charge in [0.15, 0.2) is 0 Å². The van der Waals surface area contributed by atoms with E-state index in [1.54, 1.807) is 6.92 Å². The third-order valence-electron chi connectivity index (χ3n) is 3.80. The van der Waals surface area contributed by atoms with E-state index in [0.29, 0.717) is 17.4 Å². The largest absolute Gasteiger partial charge is 0.478 e. The normalized spacial score (nSPS) is 11.8. The Kier molecular flexibility index (Phi) is 5.71. The molecule has 6 nitrogen and oxygen atoms in total. The average Bonchev–Trinajstić information content (AvgIpc) is 2.83. The fourth-order valence-electron chi connectivity index (χ4n) is 2.61. The maximum absolute atomic E-state index is 13.4. The Morgan fingerprint density at radius 1 is 1.12 bits per heavy atom. The van der Waals surface area contributed by atoms with Crippen LogP contribution in [0.4, 0.5) is 13.8 Å². The number of nitrogens with one attached hydrogen (secondary N) is 1. The van der Waals surface area contributed by atoms with Gasteiger partial charge in [0.1, 0.15) is 21.5 Å². The number of thiophene rings is 1. The van der Waals surface area contributed by atoms with E-state index in [-0.39, 0.29) is 33.0 Å². The summed E-state index contributed by atoms with van der Waals surface area (Å²) in [4.78, 5) is 35.0. The topological polar surface area (TPSA) is 104 Å². The number of carboxylic acid groups (broad SMARTS) is 2. The molecule has 1 amide bonds. The highest BCUT2D eigenvalue weighted by molar-refractivity contribution is 7.18. The van der Waals surface area contributed by atoms with Crippen LogP contribution in [0.25, 0.3) is 0 Å². The van der Waals surface area contributed by atoms with Crippen LogP contribution < -0.4 is 5.32 Å². The maximum atomic E-state index is 13.4. The minimum absolute atomic E-state index is 0.0233. The van der Waals surface area contributed by atoms with Gasteiger partial charge in [0, 0.05) is 6.07 Å². The Morgan fingerprint density at radius 3 is 2.15 bits per heavy atom. The monoisotopic (exact) mass is 383 g/mol. The molecular weight excluding hydrogens is 368 g/mol. The molecule has 0 saturated heterocycles. The second-order valence-corrected chi connectivity index (χ2v) is 6.54. The van der Waals surface area contributed by atoms with Crippen LogP contribution in [0.5, 0.6) is 0 Å². The van der Waals surface area contributed by atoms with E-state index in [0.717, 1.165) is 12.1 Å². The highest BCUT2D eigenvalue weighted by Gasteiger charge is 2.27. The van der Waals surface area contributed by atoms with Gasteiger partial charge in [-0.05, 0) is 36.6 Å². The van der Waals surface area contributed by atoms with Crippen molar-refractivity contribution < 1.29 is 33.4 Å². The average molecular weight is 383 g/mol. The number of aromatic carboxylic acids is 2. The van der Waals surface area contributed by atoms with Crippen molar-refractivity contribution in [2.24, 2.45) is 0 Å². The lowest BCUT2D eigenvalue weighted by molar-refractivity contribution is -0.117. The summed E-state index contributed by atoms with van der Waals surface area (Å²) >= 11 is 0.620. The molecule has 2 aromatic rings. The molecule has 26 heavy (non-hydrogen) atoms. The number of amides is 1. The van der Waals surface area contributed by atoms with Gasteiger partial charge in [-0.3, -0.25) is 4.79 Å². The van der Waals surface area contributed by atoms with Crippen molar-refractivity contribution in [3.63, 3.8) is 0 Å². The predicted octanol–water partition coefficient (Wildman–Crippen LogP) is 3.86. The minimum Gasteiger partial charge on any atom is -0.478 e. The van der Waals surface area contributed by atoms with E-state index < -0.39 is 35.4 Å². The van der Waals surface area contributed by atoms with Crippen LogP contribution in [0.3, 0.4) is 0 Å². The molecule has 3 N–H and O–H groups in total. The molecule has 2 rings (SSSR count). The van der Waals surface area contributed by atoms with Crippen molar-refractivity contribution in [1.82, 2.24) is 0 Å². The first-order valence-electron chi connectivity index (χ1n) is 7.52. The summed E-state index contributed by atoms with van der Waals surface area (Å²) in [5, 5.41) is 20.7. The lowest BCUT2D eigenvalue weighted by Crippen LogP contribution is -2.21. The second-order valence-electron chi connectivity index (χ2n) is 5.52. The van der Waals surface area contributed by atoms with Gasteiger partial charge in [0.2, 0.25) is 5.91 Å².